The van der Waals surface area contributed by atoms with Gasteiger partial charge in [-0.25, -0.2) is 14.6 Å². The van der Waals surface area contributed by atoms with E-state index in [-0.39, 0.29) is 28.5 Å². The van der Waals surface area contributed by atoms with E-state index < -0.39 is 17.1 Å². The molecule has 0 aromatic carbocycles. The fraction of sp³-hybridized carbons (Fsp3) is 0.273. The van der Waals surface area contributed by atoms with Crippen molar-refractivity contribution in [2.45, 2.75) is 6.92 Å². The van der Waals surface area contributed by atoms with Crippen molar-refractivity contribution < 1.29 is 8.83 Å². The molecule has 0 spiro atoms. The lowest BCUT2D eigenvalue weighted by atomic mass is 10.4. The number of nitrogens with zero attached hydrogens (tertiary/aromatic N) is 3. The van der Waals surface area contributed by atoms with Crippen molar-refractivity contribution in [3.63, 3.8) is 0 Å². The van der Waals surface area contributed by atoms with E-state index in [0.29, 0.717) is 0 Å². The molecule has 0 unspecified atom stereocenters. The van der Waals surface area contributed by atoms with Gasteiger partial charge in [-0.3, -0.25) is 13.9 Å². The summed E-state index contributed by atoms with van der Waals surface area (Å²) in [6.07, 6.45) is 0. The highest BCUT2D eigenvalue weighted by Gasteiger charge is 2.19. The molecule has 0 aliphatic carbocycles. The molecule has 0 saturated heterocycles. The maximum atomic E-state index is 12.0. The molecule has 9 heteroatoms. The molecular weight excluding hydrogens is 268 g/mol. The predicted molar refractivity (Wildman–Crippen MR) is 67.6 cm³/mol. The van der Waals surface area contributed by atoms with E-state index in [4.69, 9.17) is 8.83 Å². The number of imidazole rings is 1. The molecule has 0 atom stereocenters. The Labute approximate surface area is 110 Å². The van der Waals surface area contributed by atoms with Crippen LogP contribution in [0.25, 0.3) is 22.7 Å². The molecule has 0 aliphatic rings. The largest absolute Gasteiger partial charge is 0.519 e. The molecule has 0 aliphatic heterocycles. The second kappa shape index (κ2) is 3.83. The zero-order valence-electron chi connectivity index (χ0n) is 10.9. The number of hydrogen-bond donors (Lipinski definition) is 1. The summed E-state index contributed by atoms with van der Waals surface area (Å²) in [6.45, 7) is 1.53. The molecule has 0 bridgehead atoms. The Bertz CT molecular complexity index is 997. The number of fused-ring (bicyclic) bond motifs is 1. The van der Waals surface area contributed by atoms with Crippen LogP contribution in [0, 0.1) is 6.92 Å². The fourth-order valence-corrected chi connectivity index (χ4v) is 2.00. The van der Waals surface area contributed by atoms with Crippen LogP contribution in [0.4, 0.5) is 0 Å². The second-order valence-electron chi connectivity index (χ2n) is 4.33. The number of H-pyrrole nitrogens is 1. The molecule has 3 aromatic rings. The lowest BCUT2D eigenvalue weighted by Gasteiger charge is -2.00. The summed E-state index contributed by atoms with van der Waals surface area (Å²) >= 11 is 0. The molecule has 1 N–H and O–H groups in total. The highest BCUT2D eigenvalue weighted by Crippen LogP contribution is 2.20. The Morgan fingerprint density at radius 2 is 1.80 bits per heavy atom. The Morgan fingerprint density at radius 1 is 1.10 bits per heavy atom. The summed E-state index contributed by atoms with van der Waals surface area (Å²) in [5.74, 6) is -0.377. The molecule has 9 nitrogen and oxygen atoms in total. The Morgan fingerprint density at radius 3 is 2.40 bits per heavy atom. The molecule has 0 amide bonds. The van der Waals surface area contributed by atoms with E-state index in [9.17, 15) is 14.4 Å². The topological polar surface area (TPSA) is 116 Å². The first-order valence-corrected chi connectivity index (χ1v) is 5.66. The zero-order chi connectivity index (χ0) is 14.6. The number of rotatable bonds is 1. The molecule has 0 fully saturated rings. The van der Waals surface area contributed by atoms with Crippen LogP contribution in [-0.2, 0) is 14.1 Å². The van der Waals surface area contributed by atoms with Gasteiger partial charge in [0.25, 0.3) is 5.56 Å². The second-order valence-corrected chi connectivity index (χ2v) is 4.33. The molecular formula is C11H10N4O5. The standard InChI is InChI=1S/C11H10N4O5/c1-4-6(20-11(18)19-4)7-12-5-8(13-7)14(2)10(17)15(3)9(5)16/h1-3H3,(H,12,13). The van der Waals surface area contributed by atoms with Gasteiger partial charge in [-0.1, -0.05) is 0 Å². The summed E-state index contributed by atoms with van der Waals surface area (Å²) in [4.78, 5) is 41.7. The van der Waals surface area contributed by atoms with E-state index in [2.05, 4.69) is 9.97 Å². The van der Waals surface area contributed by atoms with Crippen LogP contribution in [0.15, 0.2) is 23.2 Å². The third-order valence-corrected chi connectivity index (χ3v) is 3.05. The van der Waals surface area contributed by atoms with Crippen molar-refractivity contribution in [3.05, 3.63) is 37.2 Å². The van der Waals surface area contributed by atoms with Crippen molar-refractivity contribution in [2.75, 3.05) is 0 Å². The smallest absolute Gasteiger partial charge is 0.395 e. The van der Waals surface area contributed by atoms with Crippen LogP contribution in [0.1, 0.15) is 5.76 Å². The minimum Gasteiger partial charge on any atom is -0.395 e. The lowest BCUT2D eigenvalue weighted by Crippen LogP contribution is -2.36. The summed E-state index contributed by atoms with van der Waals surface area (Å²) in [7, 11) is 2.86. The quantitative estimate of drug-likeness (QED) is 0.640. The Kier molecular flexibility index (Phi) is 2.33. The van der Waals surface area contributed by atoms with Crippen LogP contribution in [0.5, 0.6) is 0 Å². The summed E-state index contributed by atoms with van der Waals surface area (Å²) in [5, 5.41) is 0. The normalized spacial score (nSPS) is 11.3. The van der Waals surface area contributed by atoms with Gasteiger partial charge in [0, 0.05) is 14.1 Å². The average molecular weight is 278 g/mol. The minimum atomic E-state index is -0.861. The van der Waals surface area contributed by atoms with E-state index in [1.807, 2.05) is 0 Å². The fourth-order valence-electron chi connectivity index (χ4n) is 2.00. The molecule has 104 valence electrons. The molecule has 3 aromatic heterocycles. The molecule has 3 heterocycles. The van der Waals surface area contributed by atoms with Crippen molar-refractivity contribution in [1.82, 2.24) is 19.1 Å². The molecule has 0 radical (unpaired) electrons. The first-order chi connectivity index (χ1) is 9.40. The van der Waals surface area contributed by atoms with Gasteiger partial charge in [0.1, 0.15) is 5.52 Å². The van der Waals surface area contributed by atoms with Gasteiger partial charge >= 0.3 is 11.5 Å². The third kappa shape index (κ3) is 1.49. The number of nitrogens with one attached hydrogen (secondary N) is 1. The van der Waals surface area contributed by atoms with Gasteiger partial charge in [-0.2, -0.15) is 0 Å². The maximum absolute atomic E-state index is 12.0. The lowest BCUT2D eigenvalue weighted by molar-refractivity contribution is 0.381. The van der Waals surface area contributed by atoms with Crippen molar-refractivity contribution in [1.29, 1.82) is 0 Å². The van der Waals surface area contributed by atoms with Crippen LogP contribution in [0.3, 0.4) is 0 Å². The Hall–Kier alpha value is -2.84. The Balaban J connectivity index is 2.43. The summed E-state index contributed by atoms with van der Waals surface area (Å²) in [6, 6.07) is 0. The van der Waals surface area contributed by atoms with Crippen molar-refractivity contribution in [3.8, 4) is 11.6 Å². The van der Waals surface area contributed by atoms with E-state index in [0.717, 1.165) is 4.57 Å². The number of aromatic amines is 1. The average Bonchev–Trinajstić information content (AvgIpc) is 2.97. The van der Waals surface area contributed by atoms with Gasteiger partial charge in [-0.15, -0.1) is 0 Å². The monoisotopic (exact) mass is 278 g/mol. The molecule has 20 heavy (non-hydrogen) atoms. The van der Waals surface area contributed by atoms with E-state index >= 15 is 0 Å². The number of aryl methyl sites for hydroxylation is 2. The maximum Gasteiger partial charge on any atom is 0.519 e. The number of hydrogen-bond acceptors (Lipinski definition) is 6. The minimum absolute atomic E-state index is 0.0979. The summed E-state index contributed by atoms with van der Waals surface area (Å²) < 4.78 is 11.8. The SMILES string of the molecule is Cc1oc(=O)oc1-c1nc2c([nH]1)c(=O)n(C)c(=O)n2C. The van der Waals surface area contributed by atoms with Gasteiger partial charge in [0.05, 0.1) is 0 Å². The van der Waals surface area contributed by atoms with E-state index in [1.165, 1.54) is 25.6 Å². The van der Waals surface area contributed by atoms with Crippen LogP contribution < -0.4 is 17.1 Å². The van der Waals surface area contributed by atoms with E-state index in [1.54, 1.807) is 0 Å². The van der Waals surface area contributed by atoms with Crippen LogP contribution in [0.2, 0.25) is 0 Å². The molecule has 0 saturated carbocycles. The van der Waals surface area contributed by atoms with Crippen molar-refractivity contribution >= 4 is 11.2 Å². The van der Waals surface area contributed by atoms with Crippen molar-refractivity contribution in [2.24, 2.45) is 14.1 Å². The predicted octanol–water partition coefficient (Wildman–Crippen LogP) is -0.518. The van der Waals surface area contributed by atoms with Gasteiger partial charge in [0.15, 0.2) is 17.2 Å². The van der Waals surface area contributed by atoms with Gasteiger partial charge < -0.3 is 13.8 Å². The van der Waals surface area contributed by atoms with Crippen LogP contribution >= 0.6 is 0 Å². The highest BCUT2D eigenvalue weighted by atomic mass is 16.6. The zero-order valence-corrected chi connectivity index (χ0v) is 10.9. The number of aromatic nitrogens is 4. The first-order valence-electron chi connectivity index (χ1n) is 5.66. The summed E-state index contributed by atoms with van der Waals surface area (Å²) in [5.41, 5.74) is -0.680. The first kappa shape index (κ1) is 12.2. The highest BCUT2D eigenvalue weighted by molar-refractivity contribution is 5.74. The van der Waals surface area contributed by atoms with Gasteiger partial charge in [-0.05, 0) is 6.92 Å². The van der Waals surface area contributed by atoms with Crippen LogP contribution in [-0.4, -0.2) is 19.1 Å². The molecule has 3 rings (SSSR count). The van der Waals surface area contributed by atoms with Gasteiger partial charge in [0.2, 0.25) is 5.76 Å². The third-order valence-electron chi connectivity index (χ3n) is 3.05.